The summed E-state index contributed by atoms with van der Waals surface area (Å²) in [7, 11) is 0. The predicted molar refractivity (Wildman–Crippen MR) is 110 cm³/mol. The minimum absolute atomic E-state index is 0.0355. The normalized spacial score (nSPS) is 10.9. The van der Waals surface area contributed by atoms with E-state index in [1.807, 2.05) is 61.7 Å². The second-order valence-electron chi connectivity index (χ2n) is 6.32. The Morgan fingerprint density at radius 1 is 1.14 bits per heavy atom. The highest BCUT2D eigenvalue weighted by atomic mass is 32.2. The average Bonchev–Trinajstić information content (AvgIpc) is 3.11. The van der Waals surface area contributed by atoms with Crippen molar-refractivity contribution >= 4 is 17.7 Å². The molecule has 0 aliphatic heterocycles. The van der Waals surface area contributed by atoms with Gasteiger partial charge in [-0.3, -0.25) is 14.3 Å². The molecule has 3 rings (SSSR count). The van der Waals surface area contributed by atoms with Crippen molar-refractivity contribution in [2.45, 2.75) is 32.0 Å². The molecule has 7 nitrogen and oxygen atoms in total. The van der Waals surface area contributed by atoms with Gasteiger partial charge in [-0.1, -0.05) is 11.8 Å². The third-order valence-electron chi connectivity index (χ3n) is 3.76. The number of hydrogen-bond acceptors (Lipinski definition) is 6. The molecule has 1 aromatic carbocycles. The van der Waals surface area contributed by atoms with Gasteiger partial charge in [0.25, 0.3) is 0 Å². The second kappa shape index (κ2) is 9.36. The molecule has 0 aliphatic carbocycles. The molecule has 0 aliphatic rings. The summed E-state index contributed by atoms with van der Waals surface area (Å²) in [4.78, 5) is 16.1. The van der Waals surface area contributed by atoms with Crippen LogP contribution >= 0.6 is 11.8 Å². The molecule has 3 aromatic rings. The summed E-state index contributed by atoms with van der Waals surface area (Å²) in [5, 5.41) is 12.2. The van der Waals surface area contributed by atoms with E-state index >= 15 is 0 Å². The molecule has 0 saturated heterocycles. The van der Waals surface area contributed by atoms with Gasteiger partial charge in [-0.25, -0.2) is 0 Å². The molecular formula is C20H23N5O2S. The van der Waals surface area contributed by atoms with Crippen molar-refractivity contribution in [1.82, 2.24) is 25.1 Å². The first-order chi connectivity index (χ1) is 13.6. The Morgan fingerprint density at radius 3 is 2.50 bits per heavy atom. The fourth-order valence-electron chi connectivity index (χ4n) is 2.64. The highest BCUT2D eigenvalue weighted by molar-refractivity contribution is 7.99. The molecule has 0 saturated carbocycles. The van der Waals surface area contributed by atoms with Crippen LogP contribution in [-0.4, -0.2) is 44.1 Å². The van der Waals surface area contributed by atoms with Gasteiger partial charge in [0.15, 0.2) is 11.0 Å². The summed E-state index contributed by atoms with van der Waals surface area (Å²) in [6, 6.07) is 11.6. The second-order valence-corrected chi connectivity index (χ2v) is 7.26. The SMILES string of the molecule is CCOc1ccc(-n2c(SCC(=O)NC(C)C)nnc2-c2ccncc2)cc1. The Hall–Kier alpha value is -2.87. The Morgan fingerprint density at radius 2 is 1.86 bits per heavy atom. The number of thioether (sulfide) groups is 1. The molecule has 146 valence electrons. The first-order valence-electron chi connectivity index (χ1n) is 9.09. The summed E-state index contributed by atoms with van der Waals surface area (Å²) in [6.07, 6.45) is 3.44. The van der Waals surface area contributed by atoms with Gasteiger partial charge in [-0.2, -0.15) is 0 Å². The number of benzene rings is 1. The van der Waals surface area contributed by atoms with E-state index in [2.05, 4.69) is 20.5 Å². The Kier molecular flexibility index (Phi) is 6.65. The summed E-state index contributed by atoms with van der Waals surface area (Å²) in [5.41, 5.74) is 1.79. The molecule has 28 heavy (non-hydrogen) atoms. The van der Waals surface area contributed by atoms with E-state index in [9.17, 15) is 4.79 Å². The zero-order valence-corrected chi connectivity index (χ0v) is 16.9. The number of aromatic nitrogens is 4. The lowest BCUT2D eigenvalue weighted by Crippen LogP contribution is -2.31. The first kappa shape index (κ1) is 19.9. The van der Waals surface area contributed by atoms with E-state index < -0.39 is 0 Å². The molecule has 0 fully saturated rings. The van der Waals surface area contributed by atoms with Gasteiger partial charge in [-0.05, 0) is 57.2 Å². The van der Waals surface area contributed by atoms with Crippen LogP contribution in [0.3, 0.4) is 0 Å². The van der Waals surface area contributed by atoms with Crippen LogP contribution in [0.1, 0.15) is 20.8 Å². The summed E-state index contributed by atoms with van der Waals surface area (Å²) in [6.45, 7) is 6.44. The fourth-order valence-corrected chi connectivity index (χ4v) is 3.40. The van der Waals surface area contributed by atoms with Crippen molar-refractivity contribution in [3.63, 3.8) is 0 Å². The third kappa shape index (κ3) is 4.89. The highest BCUT2D eigenvalue weighted by Crippen LogP contribution is 2.28. The monoisotopic (exact) mass is 397 g/mol. The van der Waals surface area contributed by atoms with E-state index in [1.165, 1.54) is 11.8 Å². The van der Waals surface area contributed by atoms with Crippen LogP contribution in [0.4, 0.5) is 0 Å². The van der Waals surface area contributed by atoms with Gasteiger partial charge < -0.3 is 10.1 Å². The molecule has 2 heterocycles. The molecule has 0 radical (unpaired) electrons. The number of ether oxygens (including phenoxy) is 1. The molecule has 8 heteroatoms. The predicted octanol–water partition coefficient (Wildman–Crippen LogP) is 3.34. The van der Waals surface area contributed by atoms with E-state index in [1.54, 1.807) is 12.4 Å². The van der Waals surface area contributed by atoms with Gasteiger partial charge in [0, 0.05) is 29.7 Å². The van der Waals surface area contributed by atoms with Crippen molar-refractivity contribution in [2.75, 3.05) is 12.4 Å². The topological polar surface area (TPSA) is 81.9 Å². The largest absolute Gasteiger partial charge is 0.494 e. The smallest absolute Gasteiger partial charge is 0.230 e. The Bertz CT molecular complexity index is 910. The van der Waals surface area contributed by atoms with E-state index in [0.717, 1.165) is 17.0 Å². The van der Waals surface area contributed by atoms with Crippen LogP contribution in [0, 0.1) is 0 Å². The number of nitrogens with one attached hydrogen (secondary N) is 1. The molecular weight excluding hydrogens is 374 g/mol. The Balaban J connectivity index is 1.94. The standard InChI is InChI=1S/C20H23N5O2S/c1-4-27-17-7-5-16(6-8-17)25-19(15-9-11-21-12-10-15)23-24-20(25)28-13-18(26)22-14(2)3/h5-12,14H,4,13H2,1-3H3,(H,22,26). The molecule has 0 atom stereocenters. The number of nitrogens with zero attached hydrogens (tertiary/aromatic N) is 4. The lowest BCUT2D eigenvalue weighted by Gasteiger charge is -2.12. The van der Waals surface area contributed by atoms with Gasteiger partial charge >= 0.3 is 0 Å². The van der Waals surface area contributed by atoms with E-state index in [4.69, 9.17) is 4.74 Å². The minimum atomic E-state index is -0.0355. The van der Waals surface area contributed by atoms with Gasteiger partial charge in [-0.15, -0.1) is 10.2 Å². The molecule has 1 N–H and O–H groups in total. The molecule has 1 amide bonds. The molecule has 0 bridgehead atoms. The highest BCUT2D eigenvalue weighted by Gasteiger charge is 2.17. The van der Waals surface area contributed by atoms with Crippen LogP contribution < -0.4 is 10.1 Å². The summed E-state index contributed by atoms with van der Waals surface area (Å²) >= 11 is 1.35. The van der Waals surface area contributed by atoms with Crippen molar-refractivity contribution in [1.29, 1.82) is 0 Å². The van der Waals surface area contributed by atoms with Crippen LogP contribution in [0.25, 0.3) is 17.1 Å². The van der Waals surface area contributed by atoms with E-state index in [0.29, 0.717) is 17.6 Å². The lowest BCUT2D eigenvalue weighted by atomic mass is 10.2. The van der Waals surface area contributed by atoms with Crippen molar-refractivity contribution in [3.05, 3.63) is 48.8 Å². The van der Waals surface area contributed by atoms with Gasteiger partial charge in [0.2, 0.25) is 5.91 Å². The first-order valence-corrected chi connectivity index (χ1v) is 10.1. The third-order valence-corrected chi connectivity index (χ3v) is 4.69. The van der Waals surface area contributed by atoms with Crippen molar-refractivity contribution in [3.8, 4) is 22.8 Å². The number of pyridine rings is 1. The maximum Gasteiger partial charge on any atom is 0.230 e. The number of amides is 1. The molecule has 0 spiro atoms. The van der Waals surface area contributed by atoms with Gasteiger partial charge in [0.1, 0.15) is 5.75 Å². The number of rotatable bonds is 8. The van der Waals surface area contributed by atoms with Crippen molar-refractivity contribution < 1.29 is 9.53 Å². The fraction of sp³-hybridized carbons (Fsp3) is 0.300. The van der Waals surface area contributed by atoms with E-state index in [-0.39, 0.29) is 17.7 Å². The number of hydrogen-bond donors (Lipinski definition) is 1. The quantitative estimate of drug-likeness (QED) is 0.587. The van der Waals surface area contributed by atoms with Crippen molar-refractivity contribution in [2.24, 2.45) is 0 Å². The zero-order chi connectivity index (χ0) is 19.9. The van der Waals surface area contributed by atoms with Crippen LogP contribution in [0.15, 0.2) is 53.9 Å². The average molecular weight is 398 g/mol. The Labute approximate surface area is 168 Å². The van der Waals surface area contributed by atoms with Crippen LogP contribution in [0.5, 0.6) is 5.75 Å². The zero-order valence-electron chi connectivity index (χ0n) is 16.1. The summed E-state index contributed by atoms with van der Waals surface area (Å²) in [5.74, 6) is 1.73. The van der Waals surface area contributed by atoms with Crippen LogP contribution in [0.2, 0.25) is 0 Å². The maximum atomic E-state index is 12.1. The maximum absolute atomic E-state index is 12.1. The van der Waals surface area contributed by atoms with Crippen LogP contribution in [-0.2, 0) is 4.79 Å². The number of carbonyl (C=O) groups excluding carboxylic acids is 1. The lowest BCUT2D eigenvalue weighted by molar-refractivity contribution is -0.119. The minimum Gasteiger partial charge on any atom is -0.494 e. The van der Waals surface area contributed by atoms with Gasteiger partial charge in [0.05, 0.1) is 12.4 Å². The molecule has 2 aromatic heterocycles. The number of carbonyl (C=O) groups is 1. The molecule has 0 unspecified atom stereocenters. The summed E-state index contributed by atoms with van der Waals surface area (Å²) < 4.78 is 7.48.